The Morgan fingerprint density at radius 2 is 1.00 bits per heavy atom. The molecule has 1 aliphatic heterocycles. The van der Waals surface area contributed by atoms with E-state index in [1.165, 1.54) is 120 Å². The first-order valence-electron chi connectivity index (χ1n) is 21.2. The lowest BCUT2D eigenvalue weighted by Crippen LogP contribution is -2.14. The molecule has 2 atom stereocenters. The molecule has 0 spiro atoms. The molecule has 0 N–H and O–H groups in total. The molecule has 1 heteroatoms. The van der Waals surface area contributed by atoms with Crippen molar-refractivity contribution in [1.82, 2.24) is 0 Å². The fourth-order valence-corrected chi connectivity index (χ4v) is 12.5. The summed E-state index contributed by atoms with van der Waals surface area (Å²) in [6.07, 6.45) is 9.18. The summed E-state index contributed by atoms with van der Waals surface area (Å²) in [5, 5.41) is 13.4. The van der Waals surface area contributed by atoms with Crippen molar-refractivity contribution in [2.75, 3.05) is 0 Å². The van der Waals surface area contributed by atoms with Gasteiger partial charge in [0.25, 0.3) is 0 Å². The summed E-state index contributed by atoms with van der Waals surface area (Å²) >= 11 is 2.04. The Hall–Kier alpha value is -6.67. The predicted octanol–water partition coefficient (Wildman–Crippen LogP) is 16.4. The monoisotopic (exact) mass is 780 g/mol. The summed E-state index contributed by atoms with van der Waals surface area (Å²) < 4.78 is 0. The smallest absolute Gasteiger partial charge is 0.0381 e. The Morgan fingerprint density at radius 3 is 1.78 bits per heavy atom. The van der Waals surface area contributed by atoms with E-state index in [0.29, 0.717) is 11.2 Å². The topological polar surface area (TPSA) is 0 Å². The number of benzene rings is 10. The number of rotatable bonds is 3. The first-order chi connectivity index (χ1) is 29.5. The second-order valence-corrected chi connectivity index (χ2v) is 18.7. The van der Waals surface area contributed by atoms with Gasteiger partial charge in [-0.1, -0.05) is 178 Å². The molecule has 0 amide bonds. The quantitative estimate of drug-likeness (QED) is 0.161. The van der Waals surface area contributed by atoms with Gasteiger partial charge in [0.2, 0.25) is 0 Å². The van der Waals surface area contributed by atoms with Crippen LogP contribution in [-0.2, 0) is 5.41 Å². The molecule has 282 valence electrons. The van der Waals surface area contributed by atoms with Gasteiger partial charge in [0, 0.05) is 21.5 Å². The second-order valence-electron chi connectivity index (χ2n) is 17.5. The van der Waals surface area contributed by atoms with E-state index in [-0.39, 0.29) is 5.41 Å². The first-order valence-corrected chi connectivity index (χ1v) is 22.1. The maximum absolute atomic E-state index is 2.52. The lowest BCUT2D eigenvalue weighted by atomic mass is 9.81. The van der Waals surface area contributed by atoms with Gasteiger partial charge in [-0.05, 0) is 145 Å². The Balaban J connectivity index is 0.922. The molecule has 0 bridgehead atoms. The molecule has 0 aromatic heterocycles. The van der Waals surface area contributed by atoms with Crippen molar-refractivity contribution in [2.45, 2.75) is 35.3 Å². The van der Waals surface area contributed by atoms with Crippen LogP contribution in [-0.4, -0.2) is 5.25 Å². The lowest BCUT2D eigenvalue weighted by molar-refractivity contribution is 0.661. The van der Waals surface area contributed by atoms with Gasteiger partial charge in [0.15, 0.2) is 0 Å². The fourth-order valence-electron chi connectivity index (χ4n) is 11.0. The molecule has 0 nitrogen and oxygen atoms in total. The second kappa shape index (κ2) is 12.7. The Bertz CT molecular complexity index is 3500. The lowest BCUT2D eigenvalue weighted by Gasteiger charge is -2.22. The third-order valence-electron chi connectivity index (χ3n) is 13.9. The van der Waals surface area contributed by atoms with Crippen molar-refractivity contribution < 1.29 is 0 Å². The fraction of sp³-hybridized carbons (Fsp3) is 0.0847. The van der Waals surface area contributed by atoms with E-state index in [9.17, 15) is 0 Å². The highest BCUT2D eigenvalue weighted by Crippen LogP contribution is 2.55. The van der Waals surface area contributed by atoms with Gasteiger partial charge in [0.05, 0.1) is 0 Å². The minimum Gasteiger partial charge on any atom is -0.117 e. The van der Waals surface area contributed by atoms with E-state index >= 15 is 0 Å². The highest BCUT2D eigenvalue weighted by molar-refractivity contribution is 8.00. The van der Waals surface area contributed by atoms with Crippen LogP contribution in [0.2, 0.25) is 0 Å². The van der Waals surface area contributed by atoms with E-state index in [0.717, 1.165) is 0 Å². The summed E-state index contributed by atoms with van der Waals surface area (Å²) in [5.74, 6) is 0.465. The van der Waals surface area contributed by atoms with E-state index in [4.69, 9.17) is 0 Å². The van der Waals surface area contributed by atoms with Crippen LogP contribution in [0.1, 0.15) is 36.5 Å². The van der Waals surface area contributed by atoms with Crippen molar-refractivity contribution in [3.05, 3.63) is 211 Å². The van der Waals surface area contributed by atoms with Crippen LogP contribution in [0.4, 0.5) is 0 Å². The minimum absolute atomic E-state index is 0.0653. The van der Waals surface area contributed by atoms with Crippen LogP contribution >= 0.6 is 11.8 Å². The number of allylic oxidation sites excluding steroid dienone is 3. The molecule has 0 radical (unpaired) electrons. The average Bonchev–Trinajstić information content (AvgIpc) is 3.78. The number of hydrogen-bond donors (Lipinski definition) is 0. The molecular weight excluding hydrogens is 741 g/mol. The zero-order chi connectivity index (χ0) is 39.7. The molecule has 1 heterocycles. The molecule has 2 unspecified atom stereocenters. The molecule has 2 aliphatic carbocycles. The maximum Gasteiger partial charge on any atom is 0.0381 e. The normalized spacial score (nSPS) is 17.1. The molecule has 10 aromatic carbocycles. The third-order valence-corrected chi connectivity index (χ3v) is 15.4. The average molecular weight is 781 g/mol. The van der Waals surface area contributed by atoms with Crippen LogP contribution in [0.5, 0.6) is 0 Å². The zero-order valence-electron chi connectivity index (χ0n) is 33.5. The summed E-state index contributed by atoms with van der Waals surface area (Å²) in [6, 6.07) is 64.5. The molecule has 60 heavy (non-hydrogen) atoms. The van der Waals surface area contributed by atoms with Gasteiger partial charge in [-0.2, -0.15) is 0 Å². The van der Waals surface area contributed by atoms with E-state index in [1.54, 1.807) is 0 Å². The number of thioether (sulfide) groups is 1. The van der Waals surface area contributed by atoms with Gasteiger partial charge in [-0.15, -0.1) is 11.8 Å². The summed E-state index contributed by atoms with van der Waals surface area (Å²) in [7, 11) is 0. The molecule has 10 aromatic rings. The van der Waals surface area contributed by atoms with Crippen LogP contribution < -0.4 is 0 Å². The molecule has 13 rings (SSSR count). The van der Waals surface area contributed by atoms with Gasteiger partial charge >= 0.3 is 0 Å². The highest BCUT2D eigenvalue weighted by Gasteiger charge is 2.38. The number of fused-ring (bicyclic) bond motifs is 12. The molecule has 0 fully saturated rings. The first kappa shape index (κ1) is 34.2. The molecule has 0 saturated carbocycles. The highest BCUT2D eigenvalue weighted by atomic mass is 32.2. The maximum atomic E-state index is 2.52. The Morgan fingerprint density at radius 1 is 0.400 bits per heavy atom. The van der Waals surface area contributed by atoms with Gasteiger partial charge < -0.3 is 0 Å². The van der Waals surface area contributed by atoms with Gasteiger partial charge in [-0.25, -0.2) is 0 Å². The molecule has 3 aliphatic rings. The largest absolute Gasteiger partial charge is 0.117 e. The number of hydrogen-bond acceptors (Lipinski definition) is 1. The van der Waals surface area contributed by atoms with Crippen molar-refractivity contribution in [3.8, 4) is 44.5 Å². The molecule has 0 saturated heterocycles. The van der Waals surface area contributed by atoms with E-state index in [1.807, 2.05) is 11.8 Å². The van der Waals surface area contributed by atoms with Crippen LogP contribution in [0, 0.1) is 0 Å². The van der Waals surface area contributed by atoms with Crippen LogP contribution in [0.15, 0.2) is 199 Å². The zero-order valence-corrected chi connectivity index (χ0v) is 34.4. The summed E-state index contributed by atoms with van der Waals surface area (Å²) in [6.45, 7) is 4.79. The SMILES string of the molecule is CC1(C)c2ccc(-c3ccc4cc(-c5c6ccccc6c(-c6cccc7ccccc67)c6ccccc56)ccc4c3)cc2-c2cc3c4c(ccc3cc21)C1C=CC=CC1S4. The van der Waals surface area contributed by atoms with Crippen molar-refractivity contribution in [2.24, 2.45) is 0 Å². The van der Waals surface area contributed by atoms with Crippen molar-refractivity contribution in [1.29, 1.82) is 0 Å². The summed E-state index contributed by atoms with van der Waals surface area (Å²) in [4.78, 5) is 1.46. The van der Waals surface area contributed by atoms with E-state index in [2.05, 4.69) is 208 Å². The minimum atomic E-state index is -0.0653. The Kier molecular flexibility index (Phi) is 7.22. The standard InChI is InChI=1S/C59H40S/c1-59(2)53-29-27-39(32-51(53)52-34-50-40(33-54(52)59)26-28-49-43-15-9-10-21-55(43)60-58(49)50)37-22-23-38-31-41(25-24-36(38)30-37)56-45-16-5-7-18-47(45)57(48-19-8-6-17-46(48)56)44-20-11-13-35-12-3-4-14-42(35)44/h3-34,43,55H,1-2H3. The van der Waals surface area contributed by atoms with Gasteiger partial charge in [0.1, 0.15) is 0 Å². The third kappa shape index (κ3) is 4.87. The van der Waals surface area contributed by atoms with Crippen molar-refractivity contribution in [3.63, 3.8) is 0 Å². The predicted molar refractivity (Wildman–Crippen MR) is 259 cm³/mol. The van der Waals surface area contributed by atoms with Gasteiger partial charge in [-0.3, -0.25) is 0 Å². The van der Waals surface area contributed by atoms with E-state index < -0.39 is 0 Å². The van der Waals surface area contributed by atoms with Crippen LogP contribution in [0.3, 0.4) is 0 Å². The van der Waals surface area contributed by atoms with Crippen LogP contribution in [0.25, 0.3) is 98.4 Å². The Labute approximate surface area is 354 Å². The van der Waals surface area contributed by atoms with Crippen molar-refractivity contribution >= 4 is 65.6 Å². The summed E-state index contributed by atoms with van der Waals surface area (Å²) in [5.41, 5.74) is 14.6. The molecular formula is C59H40S.